The third kappa shape index (κ3) is 3.42. The van der Waals surface area contributed by atoms with Crippen molar-refractivity contribution >= 4 is 11.4 Å². The van der Waals surface area contributed by atoms with Crippen molar-refractivity contribution in [1.29, 1.82) is 0 Å². The molecule has 1 N–H and O–H groups in total. The van der Waals surface area contributed by atoms with E-state index in [2.05, 4.69) is 78.2 Å². The van der Waals surface area contributed by atoms with E-state index < -0.39 is 0 Å². The molecule has 0 radical (unpaired) electrons. The van der Waals surface area contributed by atoms with Crippen molar-refractivity contribution in [3.05, 3.63) is 53.9 Å². The van der Waals surface area contributed by atoms with Gasteiger partial charge in [-0.25, -0.2) is 4.99 Å². The average Bonchev–Trinajstić information content (AvgIpc) is 2.95. The smallest absolute Gasteiger partial charge is 0.0832 e. The Labute approximate surface area is 150 Å². The van der Waals surface area contributed by atoms with Crippen LogP contribution in [0.25, 0.3) is 0 Å². The minimum Gasteiger partial charge on any atom is -0.342 e. The minimum absolute atomic E-state index is 0.279. The Kier molecular flexibility index (Phi) is 4.26. The van der Waals surface area contributed by atoms with Crippen molar-refractivity contribution in [2.75, 3.05) is 26.2 Å². The molecule has 4 rings (SSSR count). The number of piperazine rings is 1. The van der Waals surface area contributed by atoms with Gasteiger partial charge in [0.2, 0.25) is 0 Å². The molecule has 1 saturated heterocycles. The van der Waals surface area contributed by atoms with E-state index in [9.17, 15) is 0 Å². The van der Waals surface area contributed by atoms with Crippen molar-refractivity contribution in [1.82, 2.24) is 14.8 Å². The van der Waals surface area contributed by atoms with Gasteiger partial charge in [0.15, 0.2) is 0 Å². The van der Waals surface area contributed by atoms with Crippen molar-refractivity contribution < 1.29 is 0 Å². The molecule has 2 aliphatic rings. The predicted octanol–water partition coefficient (Wildman–Crippen LogP) is 3.29. The number of hydrogen-bond donors (Lipinski definition) is 1. The predicted molar refractivity (Wildman–Crippen MR) is 104 cm³/mol. The number of nitrogens with one attached hydrogen (secondary N) is 1. The van der Waals surface area contributed by atoms with Crippen LogP contribution in [0.4, 0.5) is 5.69 Å². The van der Waals surface area contributed by atoms with Gasteiger partial charge in [0, 0.05) is 38.9 Å². The second kappa shape index (κ2) is 6.43. The summed E-state index contributed by atoms with van der Waals surface area (Å²) in [5.74, 6) is 0. The first kappa shape index (κ1) is 16.6. The lowest BCUT2D eigenvalue weighted by molar-refractivity contribution is 0.146. The number of nitrogens with zero attached hydrogens (tertiary/aromatic N) is 3. The molecule has 1 fully saturated rings. The van der Waals surface area contributed by atoms with Gasteiger partial charge in [-0.2, -0.15) is 0 Å². The Morgan fingerprint density at radius 1 is 1.16 bits per heavy atom. The van der Waals surface area contributed by atoms with Crippen LogP contribution in [0.5, 0.6) is 0 Å². The molecule has 1 aromatic carbocycles. The summed E-state index contributed by atoms with van der Waals surface area (Å²) in [7, 11) is 0. The molecule has 0 amide bonds. The van der Waals surface area contributed by atoms with Gasteiger partial charge in [0.1, 0.15) is 0 Å². The van der Waals surface area contributed by atoms with E-state index in [0.29, 0.717) is 6.04 Å². The number of rotatable bonds is 2. The summed E-state index contributed by atoms with van der Waals surface area (Å²) in [6.45, 7) is 12.0. The zero-order chi connectivity index (χ0) is 17.4. The highest BCUT2D eigenvalue weighted by Gasteiger charge is 2.32. The monoisotopic (exact) mass is 336 g/mol. The number of aliphatic imine (C=N–C) groups is 1. The molecule has 4 nitrogen and oxygen atoms in total. The van der Waals surface area contributed by atoms with Crippen LogP contribution in [-0.2, 0) is 6.54 Å². The normalized spacial score (nSPS) is 21.2. The van der Waals surface area contributed by atoms with Gasteiger partial charge in [-0.1, -0.05) is 39.0 Å². The Morgan fingerprint density at radius 2 is 2.00 bits per heavy atom. The Balaban J connectivity index is 1.78. The lowest BCUT2D eigenvalue weighted by atomic mass is 9.93. The zero-order valence-corrected chi connectivity index (χ0v) is 15.5. The molecule has 1 unspecified atom stereocenters. The molecule has 0 bridgehead atoms. The second-order valence-corrected chi connectivity index (χ2v) is 8.40. The Hall–Kier alpha value is -1.91. The zero-order valence-electron chi connectivity index (χ0n) is 15.5. The molecular formula is C21H28N4. The van der Waals surface area contributed by atoms with Gasteiger partial charge in [0.05, 0.1) is 23.1 Å². The van der Waals surface area contributed by atoms with Gasteiger partial charge in [-0.3, -0.25) is 4.90 Å². The molecule has 132 valence electrons. The maximum Gasteiger partial charge on any atom is 0.0832 e. The molecule has 4 heteroatoms. The molecule has 1 aromatic heterocycles. The van der Waals surface area contributed by atoms with Crippen LogP contribution in [0, 0.1) is 5.41 Å². The highest BCUT2D eigenvalue weighted by Crippen LogP contribution is 2.28. The summed E-state index contributed by atoms with van der Waals surface area (Å²) >= 11 is 0. The van der Waals surface area contributed by atoms with E-state index in [1.54, 1.807) is 0 Å². The van der Waals surface area contributed by atoms with Crippen molar-refractivity contribution in [2.45, 2.75) is 33.4 Å². The SMILES string of the molecule is CC(C)(C)CN1CCNCC1C1=Nc2ccccc2Cn2cccc21. The van der Waals surface area contributed by atoms with Gasteiger partial charge in [-0.15, -0.1) is 0 Å². The van der Waals surface area contributed by atoms with E-state index >= 15 is 0 Å². The standard InChI is InChI=1S/C21H28N4/c1-21(2,3)15-25-12-10-22-13-19(25)20-18-9-6-11-24(18)14-16-7-4-5-8-17(16)23-20/h4-9,11,19,22H,10,12-15H2,1-3H3. The van der Waals surface area contributed by atoms with Crippen LogP contribution >= 0.6 is 0 Å². The molecule has 0 spiro atoms. The summed E-state index contributed by atoms with van der Waals surface area (Å²) < 4.78 is 2.34. The van der Waals surface area contributed by atoms with Crippen LogP contribution in [-0.4, -0.2) is 47.4 Å². The van der Waals surface area contributed by atoms with Gasteiger partial charge in [-0.05, 0) is 29.2 Å². The lowest BCUT2D eigenvalue weighted by Crippen LogP contribution is -2.57. The maximum absolute atomic E-state index is 5.17. The molecule has 3 heterocycles. The van der Waals surface area contributed by atoms with Crippen LogP contribution < -0.4 is 5.32 Å². The summed E-state index contributed by atoms with van der Waals surface area (Å²) in [6.07, 6.45) is 2.18. The Morgan fingerprint density at radius 3 is 2.84 bits per heavy atom. The van der Waals surface area contributed by atoms with E-state index in [-0.39, 0.29) is 5.41 Å². The van der Waals surface area contributed by atoms with Gasteiger partial charge >= 0.3 is 0 Å². The summed E-state index contributed by atoms with van der Waals surface area (Å²) in [5, 5.41) is 3.58. The minimum atomic E-state index is 0.279. The largest absolute Gasteiger partial charge is 0.342 e. The van der Waals surface area contributed by atoms with Crippen molar-refractivity contribution in [2.24, 2.45) is 10.4 Å². The summed E-state index contributed by atoms with van der Waals surface area (Å²) in [4.78, 5) is 7.78. The van der Waals surface area contributed by atoms with Crippen LogP contribution in [0.3, 0.4) is 0 Å². The fraction of sp³-hybridized carbons (Fsp3) is 0.476. The second-order valence-electron chi connectivity index (χ2n) is 8.40. The highest BCUT2D eigenvalue weighted by molar-refractivity contribution is 6.05. The first-order chi connectivity index (χ1) is 12.0. The van der Waals surface area contributed by atoms with E-state index in [4.69, 9.17) is 4.99 Å². The third-order valence-corrected chi connectivity index (χ3v) is 5.01. The highest BCUT2D eigenvalue weighted by atomic mass is 15.2. The van der Waals surface area contributed by atoms with Crippen molar-refractivity contribution in [3.63, 3.8) is 0 Å². The summed E-state index contributed by atoms with van der Waals surface area (Å²) in [6, 6.07) is 13.2. The van der Waals surface area contributed by atoms with Crippen LogP contribution in [0.1, 0.15) is 32.0 Å². The molecule has 25 heavy (non-hydrogen) atoms. The van der Waals surface area contributed by atoms with E-state index in [1.165, 1.54) is 17.0 Å². The van der Waals surface area contributed by atoms with E-state index in [1.807, 2.05) is 0 Å². The van der Waals surface area contributed by atoms with E-state index in [0.717, 1.165) is 38.4 Å². The average molecular weight is 336 g/mol. The quantitative estimate of drug-likeness (QED) is 0.913. The molecule has 0 saturated carbocycles. The Bertz CT molecular complexity index is 781. The third-order valence-electron chi connectivity index (χ3n) is 5.01. The topological polar surface area (TPSA) is 32.6 Å². The lowest BCUT2D eigenvalue weighted by Gasteiger charge is -2.40. The molecule has 0 aliphatic carbocycles. The first-order valence-electron chi connectivity index (χ1n) is 9.28. The number of para-hydroxylation sites is 1. The molecular weight excluding hydrogens is 308 g/mol. The molecule has 2 aliphatic heterocycles. The van der Waals surface area contributed by atoms with Crippen LogP contribution in [0.15, 0.2) is 47.6 Å². The fourth-order valence-electron chi connectivity index (χ4n) is 3.97. The van der Waals surface area contributed by atoms with Gasteiger partial charge < -0.3 is 9.88 Å². The number of benzene rings is 1. The number of fused-ring (bicyclic) bond motifs is 2. The summed E-state index contributed by atoms with van der Waals surface area (Å²) in [5.41, 5.74) is 5.14. The molecule has 1 atom stereocenters. The number of hydrogen-bond acceptors (Lipinski definition) is 3. The first-order valence-corrected chi connectivity index (χ1v) is 9.28. The molecule has 2 aromatic rings. The van der Waals surface area contributed by atoms with Gasteiger partial charge in [0.25, 0.3) is 0 Å². The van der Waals surface area contributed by atoms with Crippen molar-refractivity contribution in [3.8, 4) is 0 Å². The fourth-order valence-corrected chi connectivity index (χ4v) is 3.97. The number of aromatic nitrogens is 1. The van der Waals surface area contributed by atoms with Crippen LogP contribution in [0.2, 0.25) is 0 Å². The maximum atomic E-state index is 5.17.